The first-order valence-corrected chi connectivity index (χ1v) is 11.6. The molecule has 0 fully saturated rings. The third-order valence-corrected chi connectivity index (χ3v) is 6.14. The van der Waals surface area contributed by atoms with Crippen LogP contribution >= 0.6 is 0 Å². The minimum absolute atomic E-state index is 0.136. The Morgan fingerprint density at radius 3 is 1.94 bits per heavy atom. The number of halogens is 1. The van der Waals surface area contributed by atoms with Gasteiger partial charge in [-0.3, -0.25) is 9.59 Å². The van der Waals surface area contributed by atoms with E-state index in [1.807, 2.05) is 48.5 Å². The van der Waals surface area contributed by atoms with Gasteiger partial charge in [-0.2, -0.15) is 0 Å². The molecule has 0 saturated heterocycles. The van der Waals surface area contributed by atoms with Crippen molar-refractivity contribution >= 4 is 39.3 Å². The molecule has 36 heavy (non-hydrogen) atoms. The van der Waals surface area contributed by atoms with Crippen LogP contribution in [0.5, 0.6) is 0 Å². The number of hydrogen-bond donors (Lipinski definition) is 2. The average Bonchev–Trinajstić information content (AvgIpc) is 2.88. The van der Waals surface area contributed by atoms with Crippen LogP contribution in [-0.4, -0.2) is 37.0 Å². The maximum atomic E-state index is 13.3. The second kappa shape index (κ2) is 11.0. The molecule has 0 heterocycles. The van der Waals surface area contributed by atoms with Crippen LogP contribution in [0.2, 0.25) is 0 Å². The molecule has 4 rings (SSSR count). The molecular formula is C29H27FN2O4. The van der Waals surface area contributed by atoms with Crippen LogP contribution in [-0.2, 0) is 32.0 Å². The molecule has 0 unspecified atom stereocenters. The fourth-order valence-corrected chi connectivity index (χ4v) is 4.45. The molecule has 0 bridgehead atoms. The minimum atomic E-state index is -0.985. The third kappa shape index (κ3) is 5.68. The summed E-state index contributed by atoms with van der Waals surface area (Å²) in [6.07, 6.45) is 0.334. The molecule has 0 radical (unpaired) electrons. The number of fused-ring (bicyclic) bond motifs is 2. The standard InChI is InChI=1S/C29H27FN2O4/c1-18(33)31-26(15-19-11-13-22(30)14-12-19)28(34)32-27(29(35)36-2)17-25-23-9-5-3-7-20(23)16-21-8-4-6-10-24(21)25/h3-14,16,26-27H,15,17H2,1-2H3,(H,31,33)(H,32,34)/t26-,27-/m0/s1. The molecule has 2 amide bonds. The maximum absolute atomic E-state index is 13.3. The molecule has 0 aromatic heterocycles. The summed E-state index contributed by atoms with van der Waals surface area (Å²) in [7, 11) is 1.27. The number of amides is 2. The number of methoxy groups -OCH3 is 1. The summed E-state index contributed by atoms with van der Waals surface area (Å²) in [5.41, 5.74) is 1.58. The van der Waals surface area contributed by atoms with E-state index >= 15 is 0 Å². The van der Waals surface area contributed by atoms with Gasteiger partial charge in [0.2, 0.25) is 11.8 Å². The zero-order valence-corrected chi connectivity index (χ0v) is 20.1. The van der Waals surface area contributed by atoms with Gasteiger partial charge < -0.3 is 15.4 Å². The monoisotopic (exact) mass is 486 g/mol. The highest BCUT2D eigenvalue weighted by atomic mass is 19.1. The summed E-state index contributed by atoms with van der Waals surface area (Å²) in [5.74, 6) is -1.92. The Labute approximate surface area is 208 Å². The van der Waals surface area contributed by atoms with Crippen LogP contribution in [0.4, 0.5) is 4.39 Å². The fourth-order valence-electron chi connectivity index (χ4n) is 4.45. The maximum Gasteiger partial charge on any atom is 0.328 e. The van der Waals surface area contributed by atoms with E-state index in [0.717, 1.165) is 27.1 Å². The van der Waals surface area contributed by atoms with Crippen molar-refractivity contribution in [3.05, 3.63) is 95.8 Å². The molecule has 7 heteroatoms. The van der Waals surface area contributed by atoms with Gasteiger partial charge in [0.05, 0.1) is 7.11 Å². The first-order valence-electron chi connectivity index (χ1n) is 11.6. The third-order valence-electron chi connectivity index (χ3n) is 6.14. The van der Waals surface area contributed by atoms with Crippen LogP contribution < -0.4 is 10.6 Å². The molecule has 0 aliphatic rings. The van der Waals surface area contributed by atoms with Crippen molar-refractivity contribution in [2.75, 3.05) is 7.11 Å². The van der Waals surface area contributed by atoms with Gasteiger partial charge in [0.15, 0.2) is 0 Å². The summed E-state index contributed by atoms with van der Waals surface area (Å²) >= 11 is 0. The summed E-state index contributed by atoms with van der Waals surface area (Å²) < 4.78 is 18.3. The Kier molecular flexibility index (Phi) is 7.59. The van der Waals surface area contributed by atoms with Crippen LogP contribution in [0.1, 0.15) is 18.1 Å². The van der Waals surface area contributed by atoms with E-state index in [4.69, 9.17) is 4.74 Å². The lowest BCUT2D eigenvalue weighted by atomic mass is 9.92. The Bertz CT molecular complexity index is 1360. The predicted octanol–water partition coefficient (Wildman–Crippen LogP) is 4.08. The Morgan fingerprint density at radius 1 is 0.806 bits per heavy atom. The Hall–Kier alpha value is -4.26. The summed E-state index contributed by atoms with van der Waals surface area (Å²) in [6.45, 7) is 1.31. The number of nitrogens with one attached hydrogen (secondary N) is 2. The van der Waals surface area contributed by atoms with E-state index in [9.17, 15) is 18.8 Å². The highest BCUT2D eigenvalue weighted by molar-refractivity contribution is 6.03. The number of esters is 1. The number of carbonyl (C=O) groups excluding carboxylic acids is 3. The molecule has 2 N–H and O–H groups in total. The molecule has 0 aliphatic carbocycles. The average molecular weight is 487 g/mol. The van der Waals surface area contributed by atoms with Gasteiger partial charge in [-0.1, -0.05) is 60.7 Å². The zero-order chi connectivity index (χ0) is 25.7. The van der Waals surface area contributed by atoms with Gasteiger partial charge in [-0.15, -0.1) is 0 Å². The van der Waals surface area contributed by atoms with Gasteiger partial charge in [0.25, 0.3) is 0 Å². The highest BCUT2D eigenvalue weighted by Gasteiger charge is 2.28. The first kappa shape index (κ1) is 24.9. The largest absolute Gasteiger partial charge is 0.467 e. The second-order valence-electron chi connectivity index (χ2n) is 8.67. The Balaban J connectivity index is 1.66. The SMILES string of the molecule is COC(=O)[C@H](Cc1c2ccccc2cc2ccccc12)NC(=O)[C@H](Cc1ccc(F)cc1)NC(C)=O. The lowest BCUT2D eigenvalue weighted by molar-refractivity contribution is -0.145. The minimum Gasteiger partial charge on any atom is -0.467 e. The molecule has 6 nitrogen and oxygen atoms in total. The molecule has 0 spiro atoms. The highest BCUT2D eigenvalue weighted by Crippen LogP contribution is 2.29. The molecule has 0 aliphatic heterocycles. The van der Waals surface area contributed by atoms with Crippen LogP contribution in [0, 0.1) is 5.82 Å². The second-order valence-corrected chi connectivity index (χ2v) is 8.67. The number of hydrogen-bond acceptors (Lipinski definition) is 4. The van der Waals surface area contributed by atoms with E-state index in [1.165, 1.54) is 26.2 Å². The number of ether oxygens (including phenoxy) is 1. The van der Waals surface area contributed by atoms with Crippen molar-refractivity contribution in [2.24, 2.45) is 0 Å². The van der Waals surface area contributed by atoms with Crippen molar-refractivity contribution in [1.29, 1.82) is 0 Å². The van der Waals surface area contributed by atoms with E-state index in [1.54, 1.807) is 12.1 Å². The van der Waals surface area contributed by atoms with Crippen LogP contribution in [0.15, 0.2) is 78.9 Å². The Morgan fingerprint density at radius 2 is 1.39 bits per heavy atom. The van der Waals surface area contributed by atoms with Gasteiger partial charge in [0, 0.05) is 19.8 Å². The smallest absolute Gasteiger partial charge is 0.328 e. The molecule has 4 aromatic carbocycles. The van der Waals surface area contributed by atoms with Crippen molar-refractivity contribution < 1.29 is 23.5 Å². The molecule has 4 aromatic rings. The molecule has 2 atom stereocenters. The van der Waals surface area contributed by atoms with Gasteiger partial charge in [-0.25, -0.2) is 9.18 Å². The van der Waals surface area contributed by atoms with E-state index in [0.29, 0.717) is 5.56 Å². The molecular weight excluding hydrogens is 459 g/mol. The lowest BCUT2D eigenvalue weighted by Gasteiger charge is -2.23. The van der Waals surface area contributed by atoms with Crippen molar-refractivity contribution in [1.82, 2.24) is 10.6 Å². The van der Waals surface area contributed by atoms with Crippen LogP contribution in [0.3, 0.4) is 0 Å². The molecule has 0 saturated carbocycles. The van der Waals surface area contributed by atoms with Crippen LogP contribution in [0.25, 0.3) is 21.5 Å². The van der Waals surface area contributed by atoms with Crippen molar-refractivity contribution in [2.45, 2.75) is 31.8 Å². The van der Waals surface area contributed by atoms with Crippen molar-refractivity contribution in [3.8, 4) is 0 Å². The topological polar surface area (TPSA) is 84.5 Å². The van der Waals surface area contributed by atoms with Gasteiger partial charge in [0.1, 0.15) is 17.9 Å². The van der Waals surface area contributed by atoms with E-state index in [-0.39, 0.29) is 12.8 Å². The van der Waals surface area contributed by atoms with Gasteiger partial charge >= 0.3 is 5.97 Å². The van der Waals surface area contributed by atoms with Crippen molar-refractivity contribution in [3.63, 3.8) is 0 Å². The zero-order valence-electron chi connectivity index (χ0n) is 20.1. The quantitative estimate of drug-likeness (QED) is 0.290. The number of carbonyl (C=O) groups is 3. The lowest BCUT2D eigenvalue weighted by Crippen LogP contribution is -2.53. The number of benzene rings is 4. The summed E-state index contributed by atoms with van der Waals surface area (Å²) in [4.78, 5) is 37.9. The first-order chi connectivity index (χ1) is 17.4. The summed E-state index contributed by atoms with van der Waals surface area (Å²) in [6, 6.07) is 21.6. The fraction of sp³-hybridized carbons (Fsp3) is 0.207. The van der Waals surface area contributed by atoms with Gasteiger partial charge in [-0.05, 0) is 50.9 Å². The van der Waals surface area contributed by atoms with E-state index in [2.05, 4.69) is 16.7 Å². The molecule has 184 valence electrons. The number of rotatable bonds is 8. The summed E-state index contributed by atoms with van der Waals surface area (Å²) in [5, 5.41) is 9.41. The normalized spacial score (nSPS) is 12.6. The predicted molar refractivity (Wildman–Crippen MR) is 137 cm³/mol. The van der Waals surface area contributed by atoms with E-state index < -0.39 is 35.7 Å².